The SMILES string of the molecule is Cc1nc(-c2ccc(N3CC(C[N+]4(S(=O)(=O)Nc5ccc(-c6ccccc6)cc5)CCCCC4)OC3=O)cc2)no1. The quantitative estimate of drug-likeness (QED) is 0.281. The van der Waals surface area contributed by atoms with Crippen molar-refractivity contribution in [3.63, 3.8) is 0 Å². The number of nitrogens with zero attached hydrogens (tertiary/aromatic N) is 4. The van der Waals surface area contributed by atoms with Crippen LogP contribution >= 0.6 is 0 Å². The molecule has 3 heterocycles. The molecule has 11 heteroatoms. The van der Waals surface area contributed by atoms with E-state index >= 15 is 0 Å². The highest BCUT2D eigenvalue weighted by atomic mass is 32.2. The van der Waals surface area contributed by atoms with E-state index in [1.807, 2.05) is 54.6 Å². The van der Waals surface area contributed by atoms with Crippen molar-refractivity contribution in [3.05, 3.63) is 84.8 Å². The zero-order valence-corrected chi connectivity index (χ0v) is 23.6. The third-order valence-electron chi connectivity index (χ3n) is 7.76. The maximum absolute atomic E-state index is 13.9. The van der Waals surface area contributed by atoms with Crippen LogP contribution in [0, 0.1) is 6.92 Å². The zero-order valence-electron chi connectivity index (χ0n) is 22.8. The number of nitrogens with one attached hydrogen (secondary N) is 1. The number of carbonyl (C=O) groups excluding carboxylic acids is 1. The molecule has 2 aliphatic rings. The van der Waals surface area contributed by atoms with Crippen LogP contribution in [0.25, 0.3) is 22.5 Å². The minimum Gasteiger partial charge on any atom is -0.438 e. The number of hydrogen-bond donors (Lipinski definition) is 1. The second kappa shape index (κ2) is 11.0. The maximum atomic E-state index is 13.9. The molecule has 6 rings (SSSR count). The van der Waals surface area contributed by atoms with E-state index in [0.717, 1.165) is 36.0 Å². The largest absolute Gasteiger partial charge is 0.438 e. The van der Waals surface area contributed by atoms with Gasteiger partial charge in [0.25, 0.3) is 0 Å². The number of rotatable bonds is 8. The Labute approximate surface area is 239 Å². The fourth-order valence-electron chi connectivity index (χ4n) is 5.62. The highest BCUT2D eigenvalue weighted by Crippen LogP contribution is 2.31. The first-order valence-corrected chi connectivity index (χ1v) is 15.2. The van der Waals surface area contributed by atoms with Gasteiger partial charge in [-0.25, -0.2) is 9.52 Å². The molecule has 4 aromatic rings. The van der Waals surface area contributed by atoms with E-state index in [1.165, 1.54) is 0 Å². The number of hydrogen-bond acceptors (Lipinski definition) is 7. The van der Waals surface area contributed by atoms with Crippen LogP contribution in [0.4, 0.5) is 16.2 Å². The monoisotopic (exact) mass is 574 g/mol. The van der Waals surface area contributed by atoms with Gasteiger partial charge in [-0.15, -0.1) is 0 Å². The van der Waals surface area contributed by atoms with E-state index in [4.69, 9.17) is 9.26 Å². The average Bonchev–Trinajstić information content (AvgIpc) is 3.59. The van der Waals surface area contributed by atoms with Gasteiger partial charge >= 0.3 is 16.3 Å². The van der Waals surface area contributed by atoms with Gasteiger partial charge in [0.15, 0.2) is 6.10 Å². The van der Waals surface area contributed by atoms with Gasteiger partial charge in [0.05, 0.1) is 25.3 Å². The molecule has 1 aromatic heterocycles. The molecule has 1 N–H and O–H groups in total. The molecule has 41 heavy (non-hydrogen) atoms. The summed E-state index contributed by atoms with van der Waals surface area (Å²) in [6.07, 6.45) is 1.49. The molecule has 2 fully saturated rings. The van der Waals surface area contributed by atoms with E-state index in [-0.39, 0.29) is 17.0 Å². The number of benzene rings is 3. The summed E-state index contributed by atoms with van der Waals surface area (Å²) in [7, 11) is -3.84. The maximum Gasteiger partial charge on any atom is 0.414 e. The number of ether oxygens (including phenoxy) is 1. The molecule has 10 nitrogen and oxygen atoms in total. The molecule has 0 radical (unpaired) electrons. The Hall–Kier alpha value is -4.22. The zero-order chi connectivity index (χ0) is 28.5. The minimum atomic E-state index is -3.84. The van der Waals surface area contributed by atoms with Crippen LogP contribution in [0.3, 0.4) is 0 Å². The number of aryl methyl sites for hydroxylation is 1. The molecule has 1 unspecified atom stereocenters. The molecule has 0 aliphatic carbocycles. The van der Waals surface area contributed by atoms with Crippen LogP contribution in [0.2, 0.25) is 0 Å². The lowest BCUT2D eigenvalue weighted by Gasteiger charge is -2.40. The second-order valence-electron chi connectivity index (χ2n) is 10.6. The van der Waals surface area contributed by atoms with Crippen molar-refractivity contribution in [1.29, 1.82) is 0 Å². The van der Waals surface area contributed by atoms with Gasteiger partial charge in [-0.1, -0.05) is 47.6 Å². The molecule has 1 atom stereocenters. The first kappa shape index (κ1) is 27.0. The predicted octanol–water partition coefficient (Wildman–Crippen LogP) is 5.39. The average molecular weight is 575 g/mol. The number of piperidine rings is 1. The number of cyclic esters (lactones) is 1. The normalized spacial score (nSPS) is 18.7. The van der Waals surface area contributed by atoms with Crippen LogP contribution in [-0.4, -0.2) is 60.8 Å². The molecule has 0 saturated carbocycles. The lowest BCUT2D eigenvalue weighted by atomic mass is 10.1. The summed E-state index contributed by atoms with van der Waals surface area (Å²) in [5.41, 5.74) is 4.00. The van der Waals surface area contributed by atoms with E-state index in [1.54, 1.807) is 36.1 Å². The number of carbonyl (C=O) groups is 1. The Morgan fingerprint density at radius 1 is 0.902 bits per heavy atom. The fraction of sp³-hybridized carbons (Fsp3) is 0.300. The fourth-order valence-corrected chi connectivity index (χ4v) is 7.35. The smallest absolute Gasteiger partial charge is 0.414 e. The third-order valence-corrected chi connectivity index (χ3v) is 9.78. The van der Waals surface area contributed by atoms with Gasteiger partial charge < -0.3 is 9.26 Å². The van der Waals surface area contributed by atoms with Crippen molar-refractivity contribution < 1.29 is 26.4 Å². The lowest BCUT2D eigenvalue weighted by molar-refractivity contribution is -0.814. The molecule has 3 aromatic carbocycles. The number of anilines is 2. The lowest BCUT2D eigenvalue weighted by Crippen LogP contribution is -2.60. The van der Waals surface area contributed by atoms with E-state index in [9.17, 15) is 13.2 Å². The summed E-state index contributed by atoms with van der Waals surface area (Å²) in [5, 5.41) is 3.93. The number of quaternary nitrogens is 1. The highest BCUT2D eigenvalue weighted by Gasteiger charge is 2.48. The van der Waals surface area contributed by atoms with Gasteiger partial charge in [0, 0.05) is 18.2 Å². The summed E-state index contributed by atoms with van der Waals surface area (Å²) in [6, 6.07) is 24.6. The topological polar surface area (TPSA) is 115 Å². The van der Waals surface area contributed by atoms with Crippen LogP contribution < -0.4 is 9.62 Å². The standard InChI is InChI=1S/C30H32N5O5S/c1-22-31-29(32-40-22)25-12-16-27(17-13-25)34-20-28(39-30(34)36)21-35(18-6-3-7-19-35)41(37,38)33-26-14-10-24(11-15-26)23-8-4-2-5-9-23/h2,4-5,8-17,28,33H,3,6-7,18-21H2,1H3/q+1. The van der Waals surface area contributed by atoms with Crippen molar-refractivity contribution in [2.45, 2.75) is 32.3 Å². The Bertz CT molecular complexity index is 1620. The minimum absolute atomic E-state index is 0.171. The summed E-state index contributed by atoms with van der Waals surface area (Å²) in [4.78, 5) is 18.6. The van der Waals surface area contributed by atoms with E-state index in [0.29, 0.717) is 36.2 Å². The van der Waals surface area contributed by atoms with E-state index in [2.05, 4.69) is 14.9 Å². The Morgan fingerprint density at radius 3 is 2.22 bits per heavy atom. The van der Waals surface area contributed by atoms with Gasteiger partial charge in [0.2, 0.25) is 11.7 Å². The molecule has 212 valence electrons. The molecule has 0 spiro atoms. The molecule has 2 aliphatic heterocycles. The van der Waals surface area contributed by atoms with Crippen molar-refractivity contribution >= 4 is 27.7 Å². The van der Waals surface area contributed by atoms with Crippen LogP contribution in [-0.2, 0) is 14.9 Å². The number of amides is 1. The number of likely N-dealkylation sites (tertiary alicyclic amines) is 1. The third kappa shape index (κ3) is 5.55. The first-order chi connectivity index (χ1) is 19.8. The van der Waals surface area contributed by atoms with Crippen LogP contribution in [0.1, 0.15) is 25.2 Å². The van der Waals surface area contributed by atoms with Gasteiger partial charge in [-0.2, -0.15) is 17.3 Å². The summed E-state index contributed by atoms with van der Waals surface area (Å²) >= 11 is 0. The molecular weight excluding hydrogens is 542 g/mol. The van der Waals surface area contributed by atoms with Crippen molar-refractivity contribution in [2.75, 3.05) is 35.8 Å². The Morgan fingerprint density at radius 2 is 1.56 bits per heavy atom. The predicted molar refractivity (Wildman–Crippen MR) is 155 cm³/mol. The van der Waals surface area contributed by atoms with E-state index < -0.39 is 22.4 Å². The van der Waals surface area contributed by atoms with Gasteiger partial charge in [-0.05, 0) is 66.8 Å². The summed E-state index contributed by atoms with van der Waals surface area (Å²) in [5.74, 6) is 0.943. The van der Waals surface area contributed by atoms with Crippen molar-refractivity contribution in [1.82, 2.24) is 10.1 Å². The molecule has 1 amide bonds. The van der Waals surface area contributed by atoms with Gasteiger partial charge in [-0.3, -0.25) is 4.90 Å². The molecule has 2 saturated heterocycles. The van der Waals surface area contributed by atoms with Crippen LogP contribution in [0.5, 0.6) is 0 Å². The van der Waals surface area contributed by atoms with Crippen LogP contribution in [0.15, 0.2) is 83.4 Å². The highest BCUT2D eigenvalue weighted by molar-refractivity contribution is 7.87. The molecular formula is C30H32N5O5S+. The molecule has 0 bridgehead atoms. The Balaban J connectivity index is 1.17. The van der Waals surface area contributed by atoms with Crippen molar-refractivity contribution in [2.24, 2.45) is 0 Å². The number of aromatic nitrogens is 2. The Kier molecular flexibility index (Phi) is 7.22. The summed E-state index contributed by atoms with van der Waals surface area (Å²) < 4.78 is 41.3. The second-order valence-corrected chi connectivity index (χ2v) is 12.5. The van der Waals surface area contributed by atoms with Gasteiger partial charge in [0.1, 0.15) is 6.54 Å². The van der Waals surface area contributed by atoms with Crippen molar-refractivity contribution in [3.8, 4) is 22.5 Å². The first-order valence-electron chi connectivity index (χ1n) is 13.8. The summed E-state index contributed by atoms with van der Waals surface area (Å²) in [6.45, 7) is 3.09.